The molecule has 84 valence electrons. The summed E-state index contributed by atoms with van der Waals surface area (Å²) in [6.45, 7) is 1.78. The Morgan fingerprint density at radius 1 is 1.47 bits per heavy atom. The van der Waals surface area contributed by atoms with Crippen molar-refractivity contribution in [2.75, 3.05) is 27.2 Å². The van der Waals surface area contributed by atoms with Crippen LogP contribution in [-0.2, 0) is 6.54 Å². The molecule has 0 aromatic carbocycles. The second kappa shape index (κ2) is 5.90. The molecule has 2 N–H and O–H groups in total. The van der Waals surface area contributed by atoms with E-state index < -0.39 is 0 Å². The zero-order chi connectivity index (χ0) is 11.3. The number of halogens is 1. The van der Waals surface area contributed by atoms with Gasteiger partial charge in [-0.2, -0.15) is 0 Å². The van der Waals surface area contributed by atoms with E-state index in [0.717, 1.165) is 6.54 Å². The summed E-state index contributed by atoms with van der Waals surface area (Å²) in [5.74, 6) is 0.571. The molecule has 0 aliphatic rings. The van der Waals surface area contributed by atoms with E-state index in [4.69, 9.17) is 22.1 Å². The van der Waals surface area contributed by atoms with Crippen molar-refractivity contribution < 1.29 is 4.74 Å². The molecule has 0 saturated carbocycles. The van der Waals surface area contributed by atoms with Crippen LogP contribution in [0, 0.1) is 0 Å². The Morgan fingerprint density at radius 3 is 2.80 bits per heavy atom. The quantitative estimate of drug-likeness (QED) is 0.823. The minimum Gasteiger partial charge on any atom is -0.476 e. The molecule has 0 fully saturated rings. The van der Waals surface area contributed by atoms with Crippen molar-refractivity contribution in [1.29, 1.82) is 0 Å². The van der Waals surface area contributed by atoms with Gasteiger partial charge in [0.15, 0.2) is 0 Å². The highest BCUT2D eigenvalue weighted by Gasteiger charge is 2.02. The van der Waals surface area contributed by atoms with E-state index in [9.17, 15) is 0 Å². The van der Waals surface area contributed by atoms with Crippen LogP contribution >= 0.6 is 11.6 Å². The third kappa shape index (κ3) is 4.03. The molecular weight excluding hydrogens is 214 g/mol. The standard InChI is InChI=1S/C10H16ClN3O/c1-14(2)5-6-15-10-4-3-8(11)9(7-12)13-10/h3-4H,5-7,12H2,1-2H3. The highest BCUT2D eigenvalue weighted by atomic mass is 35.5. The summed E-state index contributed by atoms with van der Waals surface area (Å²) in [7, 11) is 3.98. The summed E-state index contributed by atoms with van der Waals surface area (Å²) in [6.07, 6.45) is 0. The number of ether oxygens (including phenoxy) is 1. The highest BCUT2D eigenvalue weighted by molar-refractivity contribution is 6.31. The Balaban J connectivity index is 2.54. The normalized spacial score (nSPS) is 10.7. The SMILES string of the molecule is CN(C)CCOc1ccc(Cl)c(CN)n1. The van der Waals surface area contributed by atoms with Crippen LogP contribution < -0.4 is 10.5 Å². The van der Waals surface area contributed by atoms with Gasteiger partial charge in [0.2, 0.25) is 5.88 Å². The number of pyridine rings is 1. The van der Waals surface area contributed by atoms with Crippen LogP contribution in [0.2, 0.25) is 5.02 Å². The maximum atomic E-state index is 5.87. The van der Waals surface area contributed by atoms with Crippen molar-refractivity contribution in [3.63, 3.8) is 0 Å². The van der Waals surface area contributed by atoms with Gasteiger partial charge in [0.1, 0.15) is 6.61 Å². The number of aromatic nitrogens is 1. The van der Waals surface area contributed by atoms with Gasteiger partial charge in [0.05, 0.1) is 10.7 Å². The molecule has 0 atom stereocenters. The van der Waals surface area contributed by atoms with E-state index in [2.05, 4.69) is 4.98 Å². The predicted molar refractivity (Wildman–Crippen MR) is 61.2 cm³/mol. The average molecular weight is 230 g/mol. The fraction of sp³-hybridized carbons (Fsp3) is 0.500. The highest BCUT2D eigenvalue weighted by Crippen LogP contribution is 2.17. The van der Waals surface area contributed by atoms with E-state index in [1.165, 1.54) is 0 Å². The van der Waals surface area contributed by atoms with Crippen molar-refractivity contribution in [1.82, 2.24) is 9.88 Å². The molecule has 15 heavy (non-hydrogen) atoms. The molecule has 1 aromatic heterocycles. The Morgan fingerprint density at radius 2 is 2.20 bits per heavy atom. The lowest BCUT2D eigenvalue weighted by Crippen LogP contribution is -2.19. The fourth-order valence-electron chi connectivity index (χ4n) is 1.02. The summed E-state index contributed by atoms with van der Waals surface area (Å²) >= 11 is 5.87. The number of rotatable bonds is 5. The topological polar surface area (TPSA) is 51.4 Å². The smallest absolute Gasteiger partial charge is 0.213 e. The van der Waals surface area contributed by atoms with Gasteiger partial charge in [-0.25, -0.2) is 4.98 Å². The Hall–Kier alpha value is -0.840. The molecule has 0 unspecified atom stereocenters. The largest absolute Gasteiger partial charge is 0.476 e. The molecule has 0 amide bonds. The molecule has 1 rings (SSSR count). The van der Waals surface area contributed by atoms with E-state index >= 15 is 0 Å². The van der Waals surface area contributed by atoms with Gasteiger partial charge in [0.25, 0.3) is 0 Å². The number of likely N-dealkylation sites (N-methyl/N-ethyl adjacent to an activating group) is 1. The summed E-state index contributed by atoms with van der Waals surface area (Å²) in [5, 5.41) is 0.581. The van der Waals surface area contributed by atoms with Crippen LogP contribution in [0.3, 0.4) is 0 Å². The van der Waals surface area contributed by atoms with Gasteiger partial charge in [-0.3, -0.25) is 0 Å². The number of hydrogen-bond donors (Lipinski definition) is 1. The third-order valence-corrected chi connectivity index (χ3v) is 2.22. The van der Waals surface area contributed by atoms with Gasteiger partial charge in [-0.15, -0.1) is 0 Å². The lowest BCUT2D eigenvalue weighted by Gasteiger charge is -2.11. The summed E-state index contributed by atoms with van der Waals surface area (Å²) < 4.78 is 5.45. The average Bonchev–Trinajstić information content (AvgIpc) is 2.20. The number of nitrogens with two attached hydrogens (primary N) is 1. The molecule has 0 aliphatic carbocycles. The molecule has 1 heterocycles. The van der Waals surface area contributed by atoms with Crippen molar-refractivity contribution >= 4 is 11.6 Å². The van der Waals surface area contributed by atoms with Crippen LogP contribution in [0.1, 0.15) is 5.69 Å². The van der Waals surface area contributed by atoms with Crippen LogP contribution in [0.15, 0.2) is 12.1 Å². The molecule has 0 saturated heterocycles. The second-order valence-corrected chi connectivity index (χ2v) is 3.84. The molecular formula is C10H16ClN3O. The van der Waals surface area contributed by atoms with Gasteiger partial charge < -0.3 is 15.4 Å². The Kier molecular flexibility index (Phi) is 4.81. The first-order chi connectivity index (χ1) is 7.13. The maximum absolute atomic E-state index is 5.87. The van der Waals surface area contributed by atoms with Crippen molar-refractivity contribution in [3.8, 4) is 5.88 Å². The number of nitrogens with zero attached hydrogens (tertiary/aromatic N) is 2. The first kappa shape index (κ1) is 12.2. The maximum Gasteiger partial charge on any atom is 0.213 e. The van der Waals surface area contributed by atoms with E-state index in [1.807, 2.05) is 19.0 Å². The summed E-state index contributed by atoms with van der Waals surface area (Å²) in [6, 6.07) is 3.50. The summed E-state index contributed by atoms with van der Waals surface area (Å²) in [5.41, 5.74) is 6.15. The first-order valence-corrected chi connectivity index (χ1v) is 5.14. The van der Waals surface area contributed by atoms with E-state index in [1.54, 1.807) is 12.1 Å². The second-order valence-electron chi connectivity index (χ2n) is 3.43. The van der Waals surface area contributed by atoms with Crippen LogP contribution in [-0.4, -0.2) is 37.1 Å². The van der Waals surface area contributed by atoms with Gasteiger partial charge in [-0.05, 0) is 20.2 Å². The third-order valence-electron chi connectivity index (χ3n) is 1.87. The zero-order valence-corrected chi connectivity index (χ0v) is 9.79. The minimum absolute atomic E-state index is 0.323. The monoisotopic (exact) mass is 229 g/mol. The Bertz CT molecular complexity index is 318. The molecule has 0 radical (unpaired) electrons. The first-order valence-electron chi connectivity index (χ1n) is 4.76. The fourth-order valence-corrected chi connectivity index (χ4v) is 1.20. The Labute approximate surface area is 95.0 Å². The lowest BCUT2D eigenvalue weighted by molar-refractivity contribution is 0.253. The van der Waals surface area contributed by atoms with Gasteiger partial charge in [0, 0.05) is 19.2 Å². The van der Waals surface area contributed by atoms with Crippen molar-refractivity contribution in [2.45, 2.75) is 6.54 Å². The molecule has 0 spiro atoms. The predicted octanol–water partition coefficient (Wildman–Crippen LogP) is 1.13. The minimum atomic E-state index is 0.323. The van der Waals surface area contributed by atoms with Crippen LogP contribution in [0.25, 0.3) is 0 Å². The van der Waals surface area contributed by atoms with Crippen molar-refractivity contribution in [2.24, 2.45) is 5.73 Å². The van der Waals surface area contributed by atoms with E-state index in [0.29, 0.717) is 29.7 Å². The van der Waals surface area contributed by atoms with Gasteiger partial charge in [-0.1, -0.05) is 11.6 Å². The molecule has 0 bridgehead atoms. The molecule has 0 aliphatic heterocycles. The zero-order valence-electron chi connectivity index (χ0n) is 9.03. The van der Waals surface area contributed by atoms with Gasteiger partial charge >= 0.3 is 0 Å². The number of hydrogen-bond acceptors (Lipinski definition) is 4. The molecule has 1 aromatic rings. The van der Waals surface area contributed by atoms with Crippen LogP contribution in [0.5, 0.6) is 5.88 Å². The van der Waals surface area contributed by atoms with Crippen molar-refractivity contribution in [3.05, 3.63) is 22.8 Å². The summed E-state index contributed by atoms with van der Waals surface area (Å²) in [4.78, 5) is 6.23. The lowest BCUT2D eigenvalue weighted by atomic mass is 10.3. The van der Waals surface area contributed by atoms with E-state index in [-0.39, 0.29) is 0 Å². The molecule has 4 nitrogen and oxygen atoms in total. The van der Waals surface area contributed by atoms with Crippen LogP contribution in [0.4, 0.5) is 0 Å². The molecule has 5 heteroatoms.